The average molecular weight is 338 g/mol. The number of carbonyl (C=O) groups excluding carboxylic acids is 2. The molecule has 2 aliphatic heterocycles. The molecule has 2 saturated heterocycles. The highest BCUT2D eigenvalue weighted by molar-refractivity contribution is 5.74. The van der Waals surface area contributed by atoms with E-state index in [4.69, 9.17) is 4.74 Å². The van der Waals surface area contributed by atoms with Crippen LogP contribution in [0.15, 0.2) is 12.7 Å². The summed E-state index contributed by atoms with van der Waals surface area (Å²) in [5.41, 5.74) is 0. The Labute approximate surface area is 144 Å². The molecule has 0 aliphatic carbocycles. The fourth-order valence-electron chi connectivity index (χ4n) is 3.28. The first kappa shape index (κ1) is 18.6. The molecule has 2 rings (SSSR count). The lowest BCUT2D eigenvalue weighted by Gasteiger charge is -2.33. The van der Waals surface area contributed by atoms with E-state index in [1.54, 1.807) is 11.8 Å². The maximum Gasteiger partial charge on any atom is 0.409 e. The van der Waals surface area contributed by atoms with Gasteiger partial charge in [0.05, 0.1) is 6.61 Å². The molecule has 0 radical (unpaired) electrons. The van der Waals surface area contributed by atoms with E-state index in [9.17, 15) is 9.59 Å². The average Bonchev–Trinajstić information content (AvgIpc) is 2.58. The number of rotatable bonds is 5. The fraction of sp³-hybridized carbons (Fsp3) is 0.765. The summed E-state index contributed by atoms with van der Waals surface area (Å²) in [4.78, 5) is 27.8. The van der Waals surface area contributed by atoms with E-state index in [-0.39, 0.29) is 24.2 Å². The molecular formula is C17H30N4O3. The van der Waals surface area contributed by atoms with Crippen molar-refractivity contribution in [1.29, 1.82) is 0 Å². The number of nitrogens with zero attached hydrogens (tertiary/aromatic N) is 2. The van der Waals surface area contributed by atoms with E-state index in [0.29, 0.717) is 19.7 Å². The van der Waals surface area contributed by atoms with E-state index >= 15 is 0 Å². The van der Waals surface area contributed by atoms with Gasteiger partial charge in [-0.05, 0) is 32.6 Å². The number of likely N-dealkylation sites (tertiary alicyclic amines) is 2. The van der Waals surface area contributed by atoms with Crippen LogP contribution in [0.2, 0.25) is 0 Å². The number of hydrogen-bond donors (Lipinski definition) is 2. The Hall–Kier alpha value is -1.76. The molecule has 0 aromatic heterocycles. The molecule has 2 N–H and O–H groups in total. The molecule has 136 valence electrons. The van der Waals surface area contributed by atoms with Gasteiger partial charge in [0, 0.05) is 44.8 Å². The van der Waals surface area contributed by atoms with E-state index in [1.807, 2.05) is 6.08 Å². The number of hydrogen-bond acceptors (Lipinski definition) is 4. The van der Waals surface area contributed by atoms with E-state index in [1.165, 1.54) is 0 Å². The Morgan fingerprint density at radius 3 is 2.12 bits per heavy atom. The van der Waals surface area contributed by atoms with Gasteiger partial charge in [0.15, 0.2) is 0 Å². The Bertz CT molecular complexity index is 428. The third-order valence-corrected chi connectivity index (χ3v) is 4.67. The smallest absolute Gasteiger partial charge is 0.409 e. The zero-order chi connectivity index (χ0) is 17.4. The zero-order valence-corrected chi connectivity index (χ0v) is 14.6. The van der Waals surface area contributed by atoms with Crippen molar-refractivity contribution < 1.29 is 14.3 Å². The molecule has 2 aliphatic rings. The van der Waals surface area contributed by atoms with Gasteiger partial charge in [-0.3, -0.25) is 4.90 Å². The monoisotopic (exact) mass is 338 g/mol. The van der Waals surface area contributed by atoms with Crippen molar-refractivity contribution in [3.63, 3.8) is 0 Å². The van der Waals surface area contributed by atoms with Crippen LogP contribution in [0, 0.1) is 0 Å². The summed E-state index contributed by atoms with van der Waals surface area (Å²) in [6, 6.07) is 0.272. The van der Waals surface area contributed by atoms with Crippen LogP contribution in [0.25, 0.3) is 0 Å². The summed E-state index contributed by atoms with van der Waals surface area (Å²) in [7, 11) is 0. The second-order valence-corrected chi connectivity index (χ2v) is 6.44. The molecule has 7 heteroatoms. The highest BCUT2D eigenvalue weighted by atomic mass is 16.6. The van der Waals surface area contributed by atoms with Crippen molar-refractivity contribution in [3.8, 4) is 0 Å². The largest absolute Gasteiger partial charge is 0.450 e. The Morgan fingerprint density at radius 2 is 1.62 bits per heavy atom. The molecule has 2 heterocycles. The number of piperidine rings is 2. The molecule has 24 heavy (non-hydrogen) atoms. The molecule has 0 unspecified atom stereocenters. The summed E-state index contributed by atoms with van der Waals surface area (Å²) in [5.74, 6) is 0. The third kappa shape index (κ3) is 5.70. The van der Waals surface area contributed by atoms with E-state index < -0.39 is 0 Å². The SMILES string of the molecule is C=CCN1CCC(NC(=O)NC2CCN(C(=O)OCC)CC2)CC1. The van der Waals surface area contributed by atoms with Gasteiger partial charge in [-0.25, -0.2) is 9.59 Å². The van der Waals surface area contributed by atoms with Gasteiger partial charge >= 0.3 is 12.1 Å². The van der Waals surface area contributed by atoms with Crippen LogP contribution < -0.4 is 10.6 Å². The van der Waals surface area contributed by atoms with Crippen LogP contribution in [0.3, 0.4) is 0 Å². The second-order valence-electron chi connectivity index (χ2n) is 6.44. The Balaban J connectivity index is 1.63. The molecule has 0 bridgehead atoms. The van der Waals surface area contributed by atoms with Crippen molar-refractivity contribution >= 4 is 12.1 Å². The number of nitrogens with one attached hydrogen (secondary N) is 2. The number of urea groups is 1. The van der Waals surface area contributed by atoms with Crippen LogP contribution in [0.5, 0.6) is 0 Å². The Kier molecular flexibility index (Phi) is 7.36. The molecule has 3 amide bonds. The topological polar surface area (TPSA) is 73.9 Å². The minimum Gasteiger partial charge on any atom is -0.450 e. The van der Waals surface area contributed by atoms with Gasteiger partial charge in [-0.1, -0.05) is 6.08 Å². The van der Waals surface area contributed by atoms with Crippen molar-refractivity contribution in [2.24, 2.45) is 0 Å². The molecule has 0 atom stereocenters. The normalized spacial score (nSPS) is 20.5. The van der Waals surface area contributed by atoms with Gasteiger partial charge in [0.25, 0.3) is 0 Å². The minimum atomic E-state index is -0.258. The van der Waals surface area contributed by atoms with Gasteiger partial charge in [-0.2, -0.15) is 0 Å². The van der Waals surface area contributed by atoms with Crippen LogP contribution in [0.1, 0.15) is 32.6 Å². The molecule has 0 aromatic rings. The molecule has 2 fully saturated rings. The van der Waals surface area contributed by atoms with Gasteiger partial charge < -0.3 is 20.3 Å². The summed E-state index contributed by atoms with van der Waals surface area (Å²) in [5, 5.41) is 6.11. The van der Waals surface area contributed by atoms with Gasteiger partial charge in [0.2, 0.25) is 0 Å². The maximum atomic E-state index is 12.1. The molecule has 0 aromatic carbocycles. The van der Waals surface area contributed by atoms with E-state index in [0.717, 1.165) is 45.3 Å². The highest BCUT2D eigenvalue weighted by Gasteiger charge is 2.25. The van der Waals surface area contributed by atoms with Gasteiger partial charge in [0.1, 0.15) is 0 Å². The van der Waals surface area contributed by atoms with Crippen LogP contribution in [0.4, 0.5) is 9.59 Å². The lowest BCUT2D eigenvalue weighted by molar-refractivity contribution is 0.0956. The minimum absolute atomic E-state index is 0.0910. The van der Waals surface area contributed by atoms with E-state index in [2.05, 4.69) is 22.1 Å². The Morgan fingerprint density at radius 1 is 1.08 bits per heavy atom. The summed E-state index contributed by atoms with van der Waals surface area (Å²) in [6.07, 6.45) is 5.15. The lowest BCUT2D eigenvalue weighted by Crippen LogP contribution is -2.52. The number of amides is 3. The second kappa shape index (κ2) is 9.52. The molecular weight excluding hydrogens is 308 g/mol. The molecule has 0 spiro atoms. The predicted octanol–water partition coefficient (Wildman–Crippen LogP) is 1.56. The zero-order valence-electron chi connectivity index (χ0n) is 14.6. The first-order valence-corrected chi connectivity index (χ1v) is 8.94. The number of ether oxygens (including phenoxy) is 1. The summed E-state index contributed by atoms with van der Waals surface area (Å²) < 4.78 is 5.00. The van der Waals surface area contributed by atoms with Crippen LogP contribution in [-0.4, -0.2) is 73.3 Å². The van der Waals surface area contributed by atoms with Crippen molar-refractivity contribution in [3.05, 3.63) is 12.7 Å². The van der Waals surface area contributed by atoms with Crippen molar-refractivity contribution in [2.75, 3.05) is 39.3 Å². The summed E-state index contributed by atoms with van der Waals surface area (Å²) >= 11 is 0. The lowest BCUT2D eigenvalue weighted by atomic mass is 10.0. The predicted molar refractivity (Wildman–Crippen MR) is 92.9 cm³/mol. The first-order chi connectivity index (χ1) is 11.6. The number of carbonyl (C=O) groups is 2. The molecule has 0 saturated carbocycles. The van der Waals surface area contributed by atoms with Crippen LogP contribution >= 0.6 is 0 Å². The van der Waals surface area contributed by atoms with Crippen molar-refractivity contribution in [2.45, 2.75) is 44.7 Å². The fourth-order valence-corrected chi connectivity index (χ4v) is 3.28. The van der Waals surface area contributed by atoms with Gasteiger partial charge in [-0.15, -0.1) is 6.58 Å². The van der Waals surface area contributed by atoms with Crippen LogP contribution in [-0.2, 0) is 4.74 Å². The molecule has 7 nitrogen and oxygen atoms in total. The first-order valence-electron chi connectivity index (χ1n) is 8.94. The third-order valence-electron chi connectivity index (χ3n) is 4.67. The summed E-state index contributed by atoms with van der Waals surface area (Å²) in [6.45, 7) is 10.1. The maximum absolute atomic E-state index is 12.1. The quantitative estimate of drug-likeness (QED) is 0.746. The van der Waals surface area contributed by atoms with Crippen molar-refractivity contribution in [1.82, 2.24) is 20.4 Å². The standard InChI is InChI=1S/C17H30N4O3/c1-3-9-20-10-5-14(6-11-20)18-16(22)19-15-7-12-21(13-8-15)17(23)24-4-2/h3,14-15H,1,4-13H2,2H3,(H2,18,19,22). The highest BCUT2D eigenvalue weighted by Crippen LogP contribution is 2.13.